The molecule has 4 heterocycles. The normalized spacial score (nSPS) is 13.0. The molecule has 0 atom stereocenters. The largest absolute Gasteiger partial charge is 0.486 e. The van der Waals surface area contributed by atoms with Gasteiger partial charge in [0.2, 0.25) is 0 Å². The molecule has 5 aromatic rings. The number of nitrogens with one attached hydrogen (secondary N) is 1. The first-order chi connectivity index (χ1) is 17.2. The fourth-order valence-corrected chi connectivity index (χ4v) is 5.04. The number of aryl methyl sites for hydroxylation is 2. The summed E-state index contributed by atoms with van der Waals surface area (Å²) in [4.78, 5) is 11.0. The molecular weight excluding hydrogens is 460 g/mol. The van der Waals surface area contributed by atoms with Crippen LogP contribution in [-0.4, -0.2) is 39.2 Å². The van der Waals surface area contributed by atoms with Gasteiger partial charge in [-0.2, -0.15) is 10.2 Å². The summed E-state index contributed by atoms with van der Waals surface area (Å²) in [7, 11) is 0. The third-order valence-electron chi connectivity index (χ3n) is 5.92. The van der Waals surface area contributed by atoms with E-state index >= 15 is 0 Å². The molecule has 2 aromatic carbocycles. The Morgan fingerprint density at radius 3 is 2.71 bits per heavy atom. The highest BCUT2D eigenvalue weighted by molar-refractivity contribution is 7.18. The summed E-state index contributed by atoms with van der Waals surface area (Å²) in [5.41, 5.74) is 7.78. The van der Waals surface area contributed by atoms with Crippen LogP contribution in [0, 0.1) is 13.8 Å². The number of hydrogen-bond acceptors (Lipinski definition) is 8. The van der Waals surface area contributed by atoms with Gasteiger partial charge < -0.3 is 9.47 Å². The predicted molar refractivity (Wildman–Crippen MR) is 138 cm³/mol. The molecule has 35 heavy (non-hydrogen) atoms. The lowest BCUT2D eigenvalue weighted by molar-refractivity contribution is 0.171. The Bertz CT molecular complexity index is 1560. The Morgan fingerprint density at radius 1 is 1.03 bits per heavy atom. The number of fused-ring (bicyclic) bond motifs is 2. The minimum atomic E-state index is 0.530. The fraction of sp³-hybridized carbons (Fsp3) is 0.154. The Hall–Kier alpha value is -4.24. The van der Waals surface area contributed by atoms with Crippen LogP contribution in [0.1, 0.15) is 16.0 Å². The maximum absolute atomic E-state index is 5.79. The van der Waals surface area contributed by atoms with Gasteiger partial charge in [0.15, 0.2) is 17.3 Å². The first kappa shape index (κ1) is 21.3. The average Bonchev–Trinajstić information content (AvgIpc) is 3.45. The van der Waals surface area contributed by atoms with Crippen LogP contribution >= 0.6 is 11.3 Å². The van der Waals surface area contributed by atoms with Gasteiger partial charge in [-0.3, -0.25) is 5.43 Å². The van der Waals surface area contributed by atoms with Gasteiger partial charge in [-0.25, -0.2) is 14.6 Å². The maximum atomic E-state index is 5.79. The highest BCUT2D eigenvalue weighted by Gasteiger charge is 2.17. The summed E-state index contributed by atoms with van der Waals surface area (Å²) in [6.45, 7) is 5.25. The van der Waals surface area contributed by atoms with Crippen molar-refractivity contribution in [3.05, 3.63) is 77.1 Å². The van der Waals surface area contributed by atoms with Crippen molar-refractivity contribution in [2.24, 2.45) is 5.10 Å². The average molecular weight is 483 g/mol. The van der Waals surface area contributed by atoms with E-state index < -0.39 is 0 Å². The SMILES string of the molecule is Cc1sc2ncnc(NN=Cc3cn(-c4ccccc4)nc3-c3ccc4c(c3)OCCO4)c2c1C. The van der Waals surface area contributed by atoms with Crippen molar-refractivity contribution in [3.8, 4) is 28.4 Å². The number of aromatic nitrogens is 4. The van der Waals surface area contributed by atoms with Crippen LogP contribution in [0.15, 0.2) is 66.2 Å². The van der Waals surface area contributed by atoms with E-state index in [0.29, 0.717) is 19.0 Å². The van der Waals surface area contributed by atoms with Gasteiger partial charge in [-0.05, 0) is 49.7 Å². The molecule has 0 saturated carbocycles. The van der Waals surface area contributed by atoms with Gasteiger partial charge in [0.1, 0.15) is 30.1 Å². The lowest BCUT2D eigenvalue weighted by Gasteiger charge is -2.18. The third kappa shape index (κ3) is 4.00. The van der Waals surface area contributed by atoms with E-state index in [2.05, 4.69) is 34.3 Å². The number of hydrogen-bond donors (Lipinski definition) is 1. The number of benzene rings is 2. The third-order valence-corrected chi connectivity index (χ3v) is 7.03. The fourth-order valence-electron chi connectivity index (χ4n) is 4.04. The topological polar surface area (TPSA) is 86.5 Å². The molecule has 3 aromatic heterocycles. The molecule has 0 unspecified atom stereocenters. The Kier molecular flexibility index (Phi) is 5.38. The summed E-state index contributed by atoms with van der Waals surface area (Å²) in [5, 5.41) is 10.4. The van der Waals surface area contributed by atoms with Crippen molar-refractivity contribution >= 4 is 33.6 Å². The highest BCUT2D eigenvalue weighted by Crippen LogP contribution is 2.35. The molecule has 0 bridgehead atoms. The van der Waals surface area contributed by atoms with E-state index in [9.17, 15) is 0 Å². The van der Waals surface area contributed by atoms with Gasteiger partial charge in [-0.1, -0.05) is 18.2 Å². The van der Waals surface area contributed by atoms with Crippen molar-refractivity contribution in [2.45, 2.75) is 13.8 Å². The van der Waals surface area contributed by atoms with Crippen molar-refractivity contribution in [3.63, 3.8) is 0 Å². The molecule has 0 spiro atoms. The molecule has 8 nitrogen and oxygen atoms in total. The second-order valence-electron chi connectivity index (χ2n) is 8.13. The van der Waals surface area contributed by atoms with Crippen molar-refractivity contribution in [1.29, 1.82) is 0 Å². The van der Waals surface area contributed by atoms with E-state index in [-0.39, 0.29) is 0 Å². The van der Waals surface area contributed by atoms with Crippen molar-refractivity contribution in [1.82, 2.24) is 19.7 Å². The molecule has 0 aliphatic carbocycles. The van der Waals surface area contributed by atoms with Crippen LogP contribution in [0.2, 0.25) is 0 Å². The van der Waals surface area contributed by atoms with E-state index in [1.165, 1.54) is 4.88 Å². The molecule has 9 heteroatoms. The zero-order chi connectivity index (χ0) is 23.8. The zero-order valence-corrected chi connectivity index (χ0v) is 20.0. The Morgan fingerprint density at radius 2 is 1.86 bits per heavy atom. The smallest absolute Gasteiger partial charge is 0.162 e. The number of nitrogens with zero attached hydrogens (tertiary/aromatic N) is 5. The lowest BCUT2D eigenvalue weighted by atomic mass is 10.1. The van der Waals surface area contributed by atoms with Crippen LogP contribution in [-0.2, 0) is 0 Å². The van der Waals surface area contributed by atoms with Crippen LogP contribution in [0.5, 0.6) is 11.5 Å². The van der Waals surface area contributed by atoms with Crippen LogP contribution in [0.25, 0.3) is 27.2 Å². The first-order valence-electron chi connectivity index (χ1n) is 11.2. The number of hydrazone groups is 1. The van der Waals surface area contributed by atoms with E-state index in [4.69, 9.17) is 14.6 Å². The summed E-state index contributed by atoms with van der Waals surface area (Å²) >= 11 is 1.66. The molecule has 1 aliphatic heterocycles. The van der Waals surface area contributed by atoms with Gasteiger partial charge in [0.25, 0.3) is 0 Å². The van der Waals surface area contributed by atoms with E-state index in [0.717, 1.165) is 49.8 Å². The number of rotatable bonds is 5. The molecule has 1 N–H and O–H groups in total. The summed E-state index contributed by atoms with van der Waals surface area (Å²) in [6, 6.07) is 15.9. The quantitative estimate of drug-likeness (QED) is 0.267. The maximum Gasteiger partial charge on any atom is 0.162 e. The molecular formula is C26H22N6O2S. The first-order valence-corrected chi connectivity index (χ1v) is 12.0. The van der Waals surface area contributed by atoms with Crippen LogP contribution < -0.4 is 14.9 Å². The van der Waals surface area contributed by atoms with E-state index in [1.54, 1.807) is 23.9 Å². The minimum Gasteiger partial charge on any atom is -0.486 e. The van der Waals surface area contributed by atoms with Gasteiger partial charge in [0.05, 0.1) is 17.3 Å². The van der Waals surface area contributed by atoms with Gasteiger partial charge in [-0.15, -0.1) is 11.3 Å². The molecule has 0 fully saturated rings. The second kappa shape index (κ2) is 8.84. The predicted octanol–water partition coefficient (Wildman–Crippen LogP) is 5.38. The van der Waals surface area contributed by atoms with Gasteiger partial charge >= 0.3 is 0 Å². The molecule has 174 valence electrons. The summed E-state index contributed by atoms with van der Waals surface area (Å²) in [5.74, 6) is 2.15. The van der Waals surface area contributed by atoms with Crippen LogP contribution in [0.4, 0.5) is 5.82 Å². The number of para-hydroxylation sites is 1. The number of ether oxygens (including phenoxy) is 2. The Balaban J connectivity index is 1.38. The minimum absolute atomic E-state index is 0.530. The lowest BCUT2D eigenvalue weighted by Crippen LogP contribution is -2.15. The van der Waals surface area contributed by atoms with Crippen molar-refractivity contribution in [2.75, 3.05) is 18.6 Å². The highest BCUT2D eigenvalue weighted by atomic mass is 32.1. The number of anilines is 1. The summed E-state index contributed by atoms with van der Waals surface area (Å²) < 4.78 is 13.3. The molecule has 0 amide bonds. The Labute approximate surface area is 205 Å². The second-order valence-corrected chi connectivity index (χ2v) is 9.33. The molecule has 0 radical (unpaired) electrons. The van der Waals surface area contributed by atoms with E-state index in [1.807, 2.05) is 59.4 Å². The van der Waals surface area contributed by atoms with Crippen molar-refractivity contribution < 1.29 is 9.47 Å². The summed E-state index contributed by atoms with van der Waals surface area (Å²) in [6.07, 6.45) is 5.28. The molecule has 1 aliphatic rings. The van der Waals surface area contributed by atoms with Gasteiger partial charge in [0, 0.05) is 22.2 Å². The molecule has 0 saturated heterocycles. The van der Waals surface area contributed by atoms with Crippen LogP contribution in [0.3, 0.4) is 0 Å². The monoisotopic (exact) mass is 482 g/mol. The molecule has 6 rings (SSSR count). The zero-order valence-electron chi connectivity index (χ0n) is 19.2. The number of thiophene rings is 1. The standard InChI is InChI=1S/C26H22N6O2S/c1-16-17(2)35-26-23(16)25(27-15-28-26)30-29-13-19-14-32(20-6-4-3-5-7-20)31-24(19)18-8-9-21-22(12-18)34-11-10-33-21/h3-9,12-15H,10-11H2,1-2H3,(H,27,28,30).